The predicted molar refractivity (Wildman–Crippen MR) is 86.7 cm³/mol. The predicted octanol–water partition coefficient (Wildman–Crippen LogP) is 2.10. The van der Waals surface area contributed by atoms with Gasteiger partial charge in [0.05, 0.1) is 20.3 Å². The largest absolute Gasteiger partial charge is 0.493 e. The van der Waals surface area contributed by atoms with Crippen molar-refractivity contribution in [2.75, 3.05) is 26.9 Å². The van der Waals surface area contributed by atoms with E-state index in [2.05, 4.69) is 5.32 Å². The average Bonchev–Trinajstić information content (AvgIpc) is 2.53. The van der Waals surface area contributed by atoms with Gasteiger partial charge in [0.1, 0.15) is 6.42 Å². The maximum absolute atomic E-state index is 11.6. The third kappa shape index (κ3) is 7.04. The van der Waals surface area contributed by atoms with Crippen LogP contribution in [-0.2, 0) is 20.7 Å². The SMILES string of the molecule is CCCOc1ccc(CCNC(=O)CC(=O)OCC)cc1OC. The normalized spacial score (nSPS) is 10.0. The second-order valence-corrected chi connectivity index (χ2v) is 4.92. The molecule has 0 heterocycles. The molecule has 1 amide bonds. The van der Waals surface area contributed by atoms with Gasteiger partial charge in [-0.2, -0.15) is 0 Å². The zero-order chi connectivity index (χ0) is 17.1. The van der Waals surface area contributed by atoms with Gasteiger partial charge in [-0.3, -0.25) is 9.59 Å². The smallest absolute Gasteiger partial charge is 0.315 e. The maximum Gasteiger partial charge on any atom is 0.315 e. The Morgan fingerprint density at radius 3 is 2.61 bits per heavy atom. The topological polar surface area (TPSA) is 73.9 Å². The van der Waals surface area contributed by atoms with Crippen LogP contribution in [0.2, 0.25) is 0 Å². The van der Waals surface area contributed by atoms with Gasteiger partial charge in [-0.05, 0) is 37.5 Å². The number of amides is 1. The molecule has 0 aromatic heterocycles. The quantitative estimate of drug-likeness (QED) is 0.527. The molecule has 0 saturated heterocycles. The highest BCUT2D eigenvalue weighted by atomic mass is 16.5. The minimum Gasteiger partial charge on any atom is -0.493 e. The van der Waals surface area contributed by atoms with Crippen molar-refractivity contribution in [1.29, 1.82) is 0 Å². The molecule has 6 heteroatoms. The summed E-state index contributed by atoms with van der Waals surface area (Å²) in [5, 5.41) is 2.70. The molecule has 0 aliphatic heterocycles. The first-order valence-electron chi connectivity index (χ1n) is 7.82. The van der Waals surface area contributed by atoms with Crippen molar-refractivity contribution in [2.45, 2.75) is 33.1 Å². The summed E-state index contributed by atoms with van der Waals surface area (Å²) >= 11 is 0. The zero-order valence-corrected chi connectivity index (χ0v) is 14.0. The van der Waals surface area contributed by atoms with Crippen molar-refractivity contribution in [2.24, 2.45) is 0 Å². The van der Waals surface area contributed by atoms with Crippen LogP contribution in [0, 0.1) is 0 Å². The summed E-state index contributed by atoms with van der Waals surface area (Å²) in [5.41, 5.74) is 1.02. The summed E-state index contributed by atoms with van der Waals surface area (Å²) in [5.74, 6) is 0.542. The number of ether oxygens (including phenoxy) is 3. The van der Waals surface area contributed by atoms with E-state index in [0.717, 1.165) is 12.0 Å². The Bertz CT molecular complexity index is 516. The first-order chi connectivity index (χ1) is 11.1. The van der Waals surface area contributed by atoms with E-state index in [9.17, 15) is 9.59 Å². The minimum absolute atomic E-state index is 0.249. The fourth-order valence-electron chi connectivity index (χ4n) is 1.95. The number of carbonyl (C=O) groups excluding carboxylic acids is 2. The lowest BCUT2D eigenvalue weighted by molar-refractivity contribution is -0.145. The van der Waals surface area contributed by atoms with E-state index < -0.39 is 5.97 Å². The van der Waals surface area contributed by atoms with Crippen molar-refractivity contribution in [1.82, 2.24) is 5.32 Å². The van der Waals surface area contributed by atoms with Crippen molar-refractivity contribution in [3.8, 4) is 11.5 Å². The van der Waals surface area contributed by atoms with Crippen LogP contribution in [0.1, 0.15) is 32.3 Å². The fourth-order valence-corrected chi connectivity index (χ4v) is 1.95. The lowest BCUT2D eigenvalue weighted by Gasteiger charge is -2.12. The highest BCUT2D eigenvalue weighted by Crippen LogP contribution is 2.28. The molecular formula is C17H25NO5. The van der Waals surface area contributed by atoms with Crippen molar-refractivity contribution < 1.29 is 23.8 Å². The third-order valence-corrected chi connectivity index (χ3v) is 3.04. The molecule has 0 unspecified atom stereocenters. The van der Waals surface area contributed by atoms with Gasteiger partial charge in [-0.1, -0.05) is 13.0 Å². The molecular weight excluding hydrogens is 298 g/mol. The Morgan fingerprint density at radius 1 is 1.17 bits per heavy atom. The second-order valence-electron chi connectivity index (χ2n) is 4.92. The Morgan fingerprint density at radius 2 is 1.96 bits per heavy atom. The molecule has 1 aromatic carbocycles. The van der Waals surface area contributed by atoms with E-state index in [-0.39, 0.29) is 18.9 Å². The van der Waals surface area contributed by atoms with Crippen LogP contribution in [0.4, 0.5) is 0 Å². The number of esters is 1. The highest BCUT2D eigenvalue weighted by molar-refractivity contribution is 5.94. The molecule has 0 aliphatic rings. The standard InChI is InChI=1S/C17H25NO5/c1-4-10-23-14-7-6-13(11-15(14)21-3)8-9-18-16(19)12-17(20)22-5-2/h6-7,11H,4-5,8-10,12H2,1-3H3,(H,18,19). The highest BCUT2D eigenvalue weighted by Gasteiger charge is 2.10. The Kier molecular flexibility index (Phi) is 8.57. The van der Waals surface area contributed by atoms with Gasteiger partial charge in [0.2, 0.25) is 5.91 Å². The summed E-state index contributed by atoms with van der Waals surface area (Å²) in [6, 6.07) is 5.69. The zero-order valence-electron chi connectivity index (χ0n) is 14.0. The molecule has 1 rings (SSSR count). The summed E-state index contributed by atoms with van der Waals surface area (Å²) in [7, 11) is 1.60. The second kappa shape index (κ2) is 10.5. The van der Waals surface area contributed by atoms with Gasteiger partial charge in [0.25, 0.3) is 0 Å². The molecule has 0 spiro atoms. The van der Waals surface area contributed by atoms with Crippen LogP contribution in [0.3, 0.4) is 0 Å². The third-order valence-electron chi connectivity index (χ3n) is 3.04. The fraction of sp³-hybridized carbons (Fsp3) is 0.529. The van der Waals surface area contributed by atoms with Crippen LogP contribution in [0.5, 0.6) is 11.5 Å². The monoisotopic (exact) mass is 323 g/mol. The number of hydrogen-bond donors (Lipinski definition) is 1. The van der Waals surface area contributed by atoms with E-state index in [4.69, 9.17) is 14.2 Å². The number of carbonyl (C=O) groups is 2. The molecule has 0 aliphatic carbocycles. The maximum atomic E-state index is 11.6. The molecule has 0 bridgehead atoms. The number of hydrogen-bond acceptors (Lipinski definition) is 5. The Hall–Kier alpha value is -2.24. The summed E-state index contributed by atoms with van der Waals surface area (Å²) in [4.78, 5) is 22.7. The number of rotatable bonds is 10. The van der Waals surface area contributed by atoms with Gasteiger partial charge in [0.15, 0.2) is 11.5 Å². The first kappa shape index (κ1) is 18.8. The van der Waals surface area contributed by atoms with E-state index in [0.29, 0.717) is 31.1 Å². The van der Waals surface area contributed by atoms with Gasteiger partial charge in [-0.25, -0.2) is 0 Å². The number of methoxy groups -OCH3 is 1. The molecule has 0 fully saturated rings. The van der Waals surface area contributed by atoms with Crippen molar-refractivity contribution in [3.63, 3.8) is 0 Å². The van der Waals surface area contributed by atoms with Gasteiger partial charge in [0, 0.05) is 6.54 Å². The molecule has 0 atom stereocenters. The lowest BCUT2D eigenvalue weighted by atomic mass is 10.1. The molecule has 1 aromatic rings. The van der Waals surface area contributed by atoms with Crippen LogP contribution < -0.4 is 14.8 Å². The van der Waals surface area contributed by atoms with E-state index in [1.807, 2.05) is 25.1 Å². The molecule has 128 valence electrons. The van der Waals surface area contributed by atoms with E-state index in [1.54, 1.807) is 14.0 Å². The lowest BCUT2D eigenvalue weighted by Crippen LogP contribution is -2.28. The Balaban J connectivity index is 2.45. The summed E-state index contributed by atoms with van der Waals surface area (Å²) in [6.07, 6.45) is 1.32. The molecule has 1 N–H and O–H groups in total. The summed E-state index contributed by atoms with van der Waals surface area (Å²) < 4.78 is 15.6. The number of benzene rings is 1. The van der Waals surface area contributed by atoms with E-state index >= 15 is 0 Å². The molecule has 6 nitrogen and oxygen atoms in total. The Labute approximate surface area is 137 Å². The molecule has 0 radical (unpaired) electrons. The average molecular weight is 323 g/mol. The minimum atomic E-state index is -0.510. The van der Waals surface area contributed by atoms with Gasteiger partial charge >= 0.3 is 5.97 Å². The van der Waals surface area contributed by atoms with E-state index in [1.165, 1.54) is 0 Å². The first-order valence-corrected chi connectivity index (χ1v) is 7.82. The van der Waals surface area contributed by atoms with Crippen LogP contribution >= 0.6 is 0 Å². The number of nitrogens with one attached hydrogen (secondary N) is 1. The van der Waals surface area contributed by atoms with Crippen LogP contribution in [0.15, 0.2) is 18.2 Å². The summed E-state index contributed by atoms with van der Waals surface area (Å²) in [6.45, 7) is 5.10. The van der Waals surface area contributed by atoms with Crippen molar-refractivity contribution >= 4 is 11.9 Å². The van der Waals surface area contributed by atoms with Crippen molar-refractivity contribution in [3.05, 3.63) is 23.8 Å². The van der Waals surface area contributed by atoms with Crippen LogP contribution in [0.25, 0.3) is 0 Å². The molecule has 0 saturated carbocycles. The van der Waals surface area contributed by atoms with Gasteiger partial charge < -0.3 is 19.5 Å². The van der Waals surface area contributed by atoms with Crippen LogP contribution in [-0.4, -0.2) is 38.7 Å². The van der Waals surface area contributed by atoms with Gasteiger partial charge in [-0.15, -0.1) is 0 Å². The molecule has 23 heavy (non-hydrogen) atoms.